The molecule has 1 amide bonds. The third-order valence-electron chi connectivity index (χ3n) is 1.85. The Hall–Kier alpha value is -1.41. The predicted octanol–water partition coefficient (Wildman–Crippen LogP) is -1.18. The Morgan fingerprint density at radius 1 is 1.67 bits per heavy atom. The number of aryl methyl sites for hydroxylation is 1. The highest BCUT2D eigenvalue weighted by Crippen LogP contribution is 2.15. The Bertz CT molecular complexity index is 464. The smallest absolute Gasteiger partial charge is 0.246 e. The molecule has 1 aromatic heterocycles. The van der Waals surface area contributed by atoms with Gasteiger partial charge in [0.2, 0.25) is 15.9 Å². The summed E-state index contributed by atoms with van der Waals surface area (Å²) < 4.78 is 24.5. The second kappa shape index (κ2) is 3.99. The molecule has 0 aliphatic rings. The topological polar surface area (TPSA) is 109 Å². The first-order chi connectivity index (χ1) is 6.85. The zero-order valence-corrected chi connectivity index (χ0v) is 9.21. The molecule has 0 unspecified atom stereocenters. The molecule has 0 radical (unpaired) electrons. The second-order valence-electron chi connectivity index (χ2n) is 3.09. The van der Waals surface area contributed by atoms with Crippen molar-refractivity contribution >= 4 is 15.9 Å². The first-order valence-corrected chi connectivity index (χ1v) is 5.54. The molecule has 1 rings (SSSR count). The van der Waals surface area contributed by atoms with E-state index < -0.39 is 15.9 Å². The van der Waals surface area contributed by atoms with E-state index in [0.29, 0.717) is 5.69 Å². The number of rotatable bonds is 4. The van der Waals surface area contributed by atoms with Crippen LogP contribution in [0.1, 0.15) is 5.69 Å². The van der Waals surface area contributed by atoms with E-state index in [0.717, 1.165) is 4.31 Å². The van der Waals surface area contributed by atoms with Gasteiger partial charge in [-0.3, -0.25) is 9.89 Å². The molecule has 0 aliphatic carbocycles. The van der Waals surface area contributed by atoms with Gasteiger partial charge in [-0.05, 0) is 6.92 Å². The third kappa shape index (κ3) is 2.34. The van der Waals surface area contributed by atoms with Gasteiger partial charge in [-0.15, -0.1) is 0 Å². The van der Waals surface area contributed by atoms with E-state index >= 15 is 0 Å². The summed E-state index contributed by atoms with van der Waals surface area (Å²) >= 11 is 0. The van der Waals surface area contributed by atoms with Crippen LogP contribution in [-0.4, -0.2) is 42.4 Å². The quantitative estimate of drug-likeness (QED) is 0.681. The summed E-state index contributed by atoms with van der Waals surface area (Å²) in [5.41, 5.74) is 5.34. The number of primary amides is 1. The van der Waals surface area contributed by atoms with Gasteiger partial charge in [0.25, 0.3) is 0 Å². The Kier molecular flexibility index (Phi) is 3.10. The molecule has 0 atom stereocenters. The lowest BCUT2D eigenvalue weighted by molar-refractivity contribution is -0.118. The van der Waals surface area contributed by atoms with Gasteiger partial charge in [0.1, 0.15) is 4.90 Å². The number of aromatic nitrogens is 2. The van der Waals surface area contributed by atoms with E-state index in [1.54, 1.807) is 6.92 Å². The lowest BCUT2D eigenvalue weighted by atomic mass is 10.5. The number of sulfonamides is 1. The molecule has 0 saturated carbocycles. The third-order valence-corrected chi connectivity index (χ3v) is 3.77. The van der Waals surface area contributed by atoms with Crippen LogP contribution in [0.4, 0.5) is 0 Å². The summed E-state index contributed by atoms with van der Waals surface area (Å²) in [7, 11) is -2.40. The molecule has 0 aromatic carbocycles. The number of carbonyl (C=O) groups is 1. The number of likely N-dealkylation sites (N-methyl/N-ethyl adjacent to an activating group) is 1. The maximum Gasteiger partial charge on any atom is 0.246 e. The molecular weight excluding hydrogens is 220 g/mol. The van der Waals surface area contributed by atoms with Gasteiger partial charge in [0.15, 0.2) is 0 Å². The van der Waals surface area contributed by atoms with Crippen molar-refractivity contribution in [2.75, 3.05) is 13.6 Å². The average molecular weight is 232 g/mol. The second-order valence-corrected chi connectivity index (χ2v) is 5.10. The highest BCUT2D eigenvalue weighted by Gasteiger charge is 2.24. The van der Waals surface area contributed by atoms with Gasteiger partial charge in [-0.2, -0.15) is 9.40 Å². The molecule has 0 saturated heterocycles. The molecule has 0 aliphatic heterocycles. The minimum Gasteiger partial charge on any atom is -0.369 e. The summed E-state index contributed by atoms with van der Waals surface area (Å²) in [6.45, 7) is 1.23. The van der Waals surface area contributed by atoms with E-state index in [9.17, 15) is 13.2 Å². The highest BCUT2D eigenvalue weighted by atomic mass is 32.2. The maximum absolute atomic E-state index is 11.8. The fourth-order valence-corrected chi connectivity index (χ4v) is 2.32. The molecule has 84 valence electrons. The number of amides is 1. The van der Waals surface area contributed by atoms with Gasteiger partial charge in [-0.1, -0.05) is 0 Å². The Balaban J connectivity index is 3.04. The molecule has 1 heterocycles. The fraction of sp³-hybridized carbons (Fsp3) is 0.429. The average Bonchev–Trinajstić information content (AvgIpc) is 2.50. The van der Waals surface area contributed by atoms with E-state index in [-0.39, 0.29) is 11.4 Å². The van der Waals surface area contributed by atoms with Crippen molar-refractivity contribution in [1.82, 2.24) is 14.5 Å². The monoisotopic (exact) mass is 232 g/mol. The molecule has 15 heavy (non-hydrogen) atoms. The van der Waals surface area contributed by atoms with Gasteiger partial charge in [0.05, 0.1) is 18.4 Å². The summed E-state index contributed by atoms with van der Waals surface area (Å²) in [6.07, 6.45) is 1.20. The van der Waals surface area contributed by atoms with E-state index in [1.165, 1.54) is 13.2 Å². The molecular formula is C7H12N4O3S. The number of hydrogen-bond donors (Lipinski definition) is 2. The van der Waals surface area contributed by atoms with Crippen LogP contribution in [-0.2, 0) is 14.8 Å². The number of H-pyrrole nitrogens is 1. The van der Waals surface area contributed by atoms with Gasteiger partial charge < -0.3 is 5.73 Å². The number of hydrogen-bond acceptors (Lipinski definition) is 4. The van der Waals surface area contributed by atoms with Crippen LogP contribution >= 0.6 is 0 Å². The maximum atomic E-state index is 11.8. The van der Waals surface area contributed by atoms with Crippen molar-refractivity contribution in [2.24, 2.45) is 5.73 Å². The first kappa shape index (κ1) is 11.7. The minimum absolute atomic E-state index is 0.0475. The van der Waals surface area contributed by atoms with Crippen molar-refractivity contribution in [2.45, 2.75) is 11.8 Å². The number of carbonyl (C=O) groups excluding carboxylic acids is 1. The van der Waals surface area contributed by atoms with Gasteiger partial charge in [-0.25, -0.2) is 8.42 Å². The Morgan fingerprint density at radius 3 is 2.67 bits per heavy atom. The molecule has 7 nitrogen and oxygen atoms in total. The van der Waals surface area contributed by atoms with Crippen molar-refractivity contribution < 1.29 is 13.2 Å². The molecule has 0 bridgehead atoms. The number of aromatic amines is 1. The SMILES string of the molecule is Cc1[nH]ncc1S(=O)(=O)N(C)CC(N)=O. The van der Waals surface area contributed by atoms with Crippen molar-refractivity contribution in [3.63, 3.8) is 0 Å². The lowest BCUT2D eigenvalue weighted by Gasteiger charge is -2.14. The lowest BCUT2D eigenvalue weighted by Crippen LogP contribution is -2.35. The van der Waals surface area contributed by atoms with Gasteiger partial charge in [0, 0.05) is 7.05 Å². The van der Waals surface area contributed by atoms with Crippen molar-refractivity contribution in [3.05, 3.63) is 11.9 Å². The molecule has 0 fully saturated rings. The number of nitrogens with zero attached hydrogens (tertiary/aromatic N) is 2. The Labute approximate surface area is 87.3 Å². The standard InChI is InChI=1S/C7H12N4O3S/c1-5-6(3-9-10-5)15(13,14)11(2)4-7(8)12/h3H,4H2,1-2H3,(H2,8,12)(H,9,10). The summed E-state index contributed by atoms with van der Waals surface area (Å²) in [4.78, 5) is 10.7. The molecule has 3 N–H and O–H groups in total. The van der Waals surface area contributed by atoms with Crippen LogP contribution in [0.25, 0.3) is 0 Å². The van der Waals surface area contributed by atoms with Crippen molar-refractivity contribution in [1.29, 1.82) is 0 Å². The largest absolute Gasteiger partial charge is 0.369 e. The van der Waals surface area contributed by atoms with E-state index in [1.807, 2.05) is 0 Å². The van der Waals surface area contributed by atoms with Crippen LogP contribution in [0.5, 0.6) is 0 Å². The van der Waals surface area contributed by atoms with Crippen LogP contribution in [0.2, 0.25) is 0 Å². The summed E-state index contributed by atoms with van der Waals surface area (Å²) in [5.74, 6) is -0.706. The molecule has 1 aromatic rings. The van der Waals surface area contributed by atoms with Crippen molar-refractivity contribution in [3.8, 4) is 0 Å². The normalized spacial score (nSPS) is 11.9. The summed E-state index contributed by atoms with van der Waals surface area (Å²) in [6, 6.07) is 0. The predicted molar refractivity (Wildman–Crippen MR) is 52.3 cm³/mol. The molecule has 0 spiro atoms. The fourth-order valence-electron chi connectivity index (χ4n) is 1.07. The zero-order chi connectivity index (χ0) is 11.6. The van der Waals surface area contributed by atoms with Gasteiger partial charge >= 0.3 is 0 Å². The molecule has 8 heteroatoms. The summed E-state index contributed by atoms with van der Waals surface area (Å²) in [5, 5.41) is 6.11. The van der Waals surface area contributed by atoms with Crippen LogP contribution < -0.4 is 5.73 Å². The minimum atomic E-state index is -3.68. The van der Waals surface area contributed by atoms with Crippen LogP contribution in [0, 0.1) is 6.92 Å². The highest BCUT2D eigenvalue weighted by molar-refractivity contribution is 7.89. The van der Waals surface area contributed by atoms with E-state index in [4.69, 9.17) is 5.73 Å². The zero-order valence-electron chi connectivity index (χ0n) is 8.39. The number of nitrogens with two attached hydrogens (primary N) is 1. The van der Waals surface area contributed by atoms with E-state index in [2.05, 4.69) is 10.2 Å². The van der Waals surface area contributed by atoms with Crippen LogP contribution in [0.15, 0.2) is 11.1 Å². The number of nitrogens with one attached hydrogen (secondary N) is 1. The van der Waals surface area contributed by atoms with Crippen LogP contribution in [0.3, 0.4) is 0 Å². The Morgan fingerprint density at radius 2 is 2.27 bits per heavy atom. The first-order valence-electron chi connectivity index (χ1n) is 4.10.